The molecule has 5 nitrogen and oxygen atoms in total. The molecule has 1 aromatic carbocycles. The average Bonchev–Trinajstić information content (AvgIpc) is 2.39. The average molecular weight is 361 g/mol. The summed E-state index contributed by atoms with van der Waals surface area (Å²) in [5.74, 6) is -1.79. The Hall–Kier alpha value is -1.47. The monoisotopic (exact) mass is 360 g/mol. The molecule has 0 heterocycles. The molecule has 0 unspecified atom stereocenters. The molecule has 0 bridgehead atoms. The van der Waals surface area contributed by atoms with E-state index >= 15 is 0 Å². The van der Waals surface area contributed by atoms with Crippen molar-refractivity contribution in [2.24, 2.45) is 0 Å². The van der Waals surface area contributed by atoms with Crippen LogP contribution >= 0.6 is 15.9 Å². The van der Waals surface area contributed by atoms with Gasteiger partial charge in [0.05, 0.1) is 12.2 Å². The second kappa shape index (κ2) is 8.74. The van der Waals surface area contributed by atoms with E-state index in [1.165, 1.54) is 12.1 Å². The number of halogens is 2. The minimum Gasteiger partial charge on any atom is -0.480 e. The molecular weight excluding hydrogens is 343 g/mol. The van der Waals surface area contributed by atoms with Crippen LogP contribution < -0.4 is 5.32 Å². The van der Waals surface area contributed by atoms with Crippen LogP contribution in [0.5, 0.6) is 0 Å². The molecule has 7 heteroatoms. The summed E-state index contributed by atoms with van der Waals surface area (Å²) in [6.07, 6.45) is 0.916. The van der Waals surface area contributed by atoms with Crippen LogP contribution in [0.2, 0.25) is 0 Å². The van der Waals surface area contributed by atoms with Crippen LogP contribution in [-0.4, -0.2) is 41.5 Å². The van der Waals surface area contributed by atoms with E-state index in [0.29, 0.717) is 17.6 Å². The van der Waals surface area contributed by atoms with Gasteiger partial charge in [-0.15, -0.1) is 0 Å². The molecule has 0 atom stereocenters. The maximum absolute atomic E-state index is 13.6. The quantitative estimate of drug-likeness (QED) is 0.747. The zero-order valence-electron chi connectivity index (χ0n) is 11.7. The smallest absolute Gasteiger partial charge is 0.317 e. The topological polar surface area (TPSA) is 69.6 Å². The molecule has 21 heavy (non-hydrogen) atoms. The Labute approximate surface area is 131 Å². The van der Waals surface area contributed by atoms with Crippen molar-refractivity contribution in [1.82, 2.24) is 4.90 Å². The van der Waals surface area contributed by atoms with E-state index < -0.39 is 11.8 Å². The number of amides is 1. The summed E-state index contributed by atoms with van der Waals surface area (Å²) in [6, 6.07) is 4.37. The van der Waals surface area contributed by atoms with E-state index in [4.69, 9.17) is 5.11 Å². The van der Waals surface area contributed by atoms with Gasteiger partial charge in [-0.2, -0.15) is 0 Å². The molecule has 2 N–H and O–H groups in total. The summed E-state index contributed by atoms with van der Waals surface area (Å²) in [5.41, 5.74) is 0.114. The number of carbonyl (C=O) groups excluding carboxylic acids is 1. The standard InChI is InChI=1S/C14H18BrFN2O3/c1-2-6-18(9-14(20)21)7-5-13(19)17-12-4-3-10(15)8-11(12)16/h3-4,8H,2,5-7,9H2,1H3,(H,17,19)(H,20,21). The lowest BCUT2D eigenvalue weighted by atomic mass is 10.2. The third-order valence-electron chi connectivity index (χ3n) is 2.76. The van der Waals surface area contributed by atoms with E-state index in [9.17, 15) is 14.0 Å². The molecule has 1 amide bonds. The molecular formula is C14H18BrFN2O3. The SMILES string of the molecule is CCCN(CCC(=O)Nc1ccc(Br)cc1F)CC(=O)O. The fraction of sp³-hybridized carbons (Fsp3) is 0.429. The second-order valence-corrected chi connectivity index (χ2v) is 5.51. The van der Waals surface area contributed by atoms with Gasteiger partial charge in [0.1, 0.15) is 5.82 Å². The molecule has 0 spiro atoms. The zero-order chi connectivity index (χ0) is 15.8. The highest BCUT2D eigenvalue weighted by Crippen LogP contribution is 2.19. The molecule has 0 saturated carbocycles. The number of aliphatic carboxylic acids is 1. The minimum absolute atomic E-state index is 0.103. The molecule has 116 valence electrons. The lowest BCUT2D eigenvalue weighted by Crippen LogP contribution is -2.33. The van der Waals surface area contributed by atoms with E-state index in [0.717, 1.165) is 6.42 Å². The Kier molecular flexibility index (Phi) is 7.31. The molecule has 1 rings (SSSR count). The summed E-state index contributed by atoms with van der Waals surface area (Å²) in [5, 5.41) is 11.3. The van der Waals surface area contributed by atoms with Gasteiger partial charge < -0.3 is 10.4 Å². The number of nitrogens with zero attached hydrogens (tertiary/aromatic N) is 1. The molecule has 0 saturated heterocycles. The van der Waals surface area contributed by atoms with Gasteiger partial charge in [-0.3, -0.25) is 14.5 Å². The number of carboxylic acids is 1. The third-order valence-corrected chi connectivity index (χ3v) is 3.25. The van der Waals surface area contributed by atoms with Gasteiger partial charge in [0.15, 0.2) is 0 Å². The van der Waals surface area contributed by atoms with Crippen molar-refractivity contribution in [3.05, 3.63) is 28.5 Å². The molecule has 0 aliphatic carbocycles. The first-order chi connectivity index (χ1) is 9.92. The first kappa shape index (κ1) is 17.6. The largest absolute Gasteiger partial charge is 0.480 e. The predicted octanol–water partition coefficient (Wildman–Crippen LogP) is 2.71. The van der Waals surface area contributed by atoms with Crippen LogP contribution in [0.1, 0.15) is 19.8 Å². The van der Waals surface area contributed by atoms with Crippen molar-refractivity contribution in [2.75, 3.05) is 25.0 Å². The Balaban J connectivity index is 2.50. The van der Waals surface area contributed by atoms with Crippen LogP contribution in [-0.2, 0) is 9.59 Å². The van der Waals surface area contributed by atoms with Gasteiger partial charge in [-0.25, -0.2) is 4.39 Å². The number of anilines is 1. The van der Waals surface area contributed by atoms with Gasteiger partial charge in [0.25, 0.3) is 0 Å². The Morgan fingerprint density at radius 1 is 1.38 bits per heavy atom. The molecule has 0 radical (unpaired) electrons. The van der Waals surface area contributed by atoms with Crippen molar-refractivity contribution < 1.29 is 19.1 Å². The van der Waals surface area contributed by atoms with E-state index in [1.54, 1.807) is 11.0 Å². The van der Waals surface area contributed by atoms with Gasteiger partial charge in [0.2, 0.25) is 5.91 Å². The van der Waals surface area contributed by atoms with Crippen molar-refractivity contribution in [2.45, 2.75) is 19.8 Å². The molecule has 0 aliphatic heterocycles. The summed E-state index contributed by atoms with van der Waals surface area (Å²) in [6.45, 7) is 2.76. The van der Waals surface area contributed by atoms with Crippen LogP contribution in [0, 0.1) is 5.82 Å². The molecule has 0 fully saturated rings. The van der Waals surface area contributed by atoms with Crippen LogP contribution in [0.15, 0.2) is 22.7 Å². The predicted molar refractivity (Wildman–Crippen MR) is 81.7 cm³/mol. The Morgan fingerprint density at radius 2 is 2.10 bits per heavy atom. The zero-order valence-corrected chi connectivity index (χ0v) is 13.3. The summed E-state index contributed by atoms with van der Waals surface area (Å²) in [7, 11) is 0. The van der Waals surface area contributed by atoms with Gasteiger partial charge in [-0.05, 0) is 31.2 Å². The highest BCUT2D eigenvalue weighted by molar-refractivity contribution is 9.10. The van der Waals surface area contributed by atoms with Crippen LogP contribution in [0.3, 0.4) is 0 Å². The number of hydrogen-bond acceptors (Lipinski definition) is 3. The van der Waals surface area contributed by atoms with Crippen molar-refractivity contribution in [3.8, 4) is 0 Å². The summed E-state index contributed by atoms with van der Waals surface area (Å²) in [4.78, 5) is 24.2. The first-order valence-corrected chi connectivity index (χ1v) is 7.40. The number of benzene rings is 1. The maximum Gasteiger partial charge on any atom is 0.317 e. The molecule has 0 aliphatic rings. The highest BCUT2D eigenvalue weighted by atomic mass is 79.9. The molecule has 1 aromatic rings. The molecule has 0 aromatic heterocycles. The Bertz CT molecular complexity index is 511. The maximum atomic E-state index is 13.6. The number of carboxylic acid groups (broad SMARTS) is 1. The summed E-state index contributed by atoms with van der Waals surface area (Å²) < 4.78 is 14.2. The normalized spacial score (nSPS) is 10.7. The number of hydrogen-bond donors (Lipinski definition) is 2. The van der Waals surface area contributed by atoms with Crippen molar-refractivity contribution in [1.29, 1.82) is 0 Å². The van der Waals surface area contributed by atoms with E-state index in [1.807, 2.05) is 6.92 Å². The Morgan fingerprint density at radius 3 is 2.67 bits per heavy atom. The van der Waals surface area contributed by atoms with Gasteiger partial charge in [-0.1, -0.05) is 22.9 Å². The lowest BCUT2D eigenvalue weighted by Gasteiger charge is -2.18. The fourth-order valence-electron chi connectivity index (χ4n) is 1.84. The van der Waals surface area contributed by atoms with E-state index in [-0.39, 0.29) is 24.6 Å². The first-order valence-electron chi connectivity index (χ1n) is 6.61. The fourth-order valence-corrected chi connectivity index (χ4v) is 2.17. The minimum atomic E-state index is -0.928. The van der Waals surface area contributed by atoms with Gasteiger partial charge >= 0.3 is 5.97 Å². The van der Waals surface area contributed by atoms with Crippen molar-refractivity contribution >= 4 is 33.5 Å². The van der Waals surface area contributed by atoms with Crippen LogP contribution in [0.25, 0.3) is 0 Å². The number of nitrogens with one attached hydrogen (secondary N) is 1. The number of carbonyl (C=O) groups is 2. The second-order valence-electron chi connectivity index (χ2n) is 4.59. The van der Waals surface area contributed by atoms with Crippen LogP contribution in [0.4, 0.5) is 10.1 Å². The highest BCUT2D eigenvalue weighted by Gasteiger charge is 2.12. The van der Waals surface area contributed by atoms with E-state index in [2.05, 4.69) is 21.2 Å². The van der Waals surface area contributed by atoms with Gasteiger partial charge in [0, 0.05) is 17.4 Å². The third kappa shape index (κ3) is 6.68. The van der Waals surface area contributed by atoms with Crippen molar-refractivity contribution in [3.63, 3.8) is 0 Å². The number of rotatable bonds is 8. The summed E-state index contributed by atoms with van der Waals surface area (Å²) >= 11 is 3.14. The lowest BCUT2D eigenvalue weighted by molar-refractivity contribution is -0.138.